The quantitative estimate of drug-likeness (QED) is 0.589. The average molecular weight is 173 g/mol. The zero-order valence-electron chi connectivity index (χ0n) is 7.96. The first-order valence-electron chi connectivity index (χ1n) is 5.00. The molecule has 0 aromatic carbocycles. The molecule has 1 aliphatic heterocycles. The lowest BCUT2D eigenvalue weighted by molar-refractivity contribution is -0.0531. The lowest BCUT2D eigenvalue weighted by Gasteiger charge is -2.25. The van der Waals surface area contributed by atoms with Gasteiger partial charge in [0.25, 0.3) is 0 Å². The molecule has 68 valence electrons. The van der Waals surface area contributed by atoms with Gasteiger partial charge in [-0.05, 0) is 31.6 Å². The third-order valence-corrected chi connectivity index (χ3v) is 3.45. The molecule has 0 bridgehead atoms. The molecule has 3 fully saturated rings. The molecule has 1 N–H and O–H groups in total. The number of alkyl halides is 1. The van der Waals surface area contributed by atoms with Crippen LogP contribution in [0.1, 0.15) is 21.1 Å². The van der Waals surface area contributed by atoms with Crippen molar-refractivity contribution >= 4 is 0 Å². The van der Waals surface area contributed by atoms with E-state index in [-0.39, 0.29) is 5.92 Å². The number of hydrogen-bond donors (Lipinski definition) is 1. The second-order valence-electron chi connectivity index (χ2n) is 4.29. The highest BCUT2D eigenvalue weighted by molar-refractivity contribution is 5.18. The highest BCUT2D eigenvalue weighted by atomic mass is 19.1. The molecular formula is C9H13FO2. The Labute approximate surface area is 72.1 Å². The zero-order chi connectivity index (χ0) is 9.43. The molecule has 3 heteroatoms. The zero-order valence-corrected chi connectivity index (χ0v) is 6.96. The average Bonchev–Trinajstić information content (AvgIpc) is 2.56. The van der Waals surface area contributed by atoms with Crippen molar-refractivity contribution in [1.82, 2.24) is 0 Å². The van der Waals surface area contributed by atoms with Gasteiger partial charge < -0.3 is 9.84 Å². The van der Waals surface area contributed by atoms with Gasteiger partial charge >= 0.3 is 0 Å². The van der Waals surface area contributed by atoms with E-state index in [1.807, 2.05) is 0 Å². The molecule has 6 atom stereocenters. The molecule has 2 nitrogen and oxygen atoms in total. The summed E-state index contributed by atoms with van der Waals surface area (Å²) in [6.07, 6.45) is -1.28. The Morgan fingerprint density at radius 2 is 2.50 bits per heavy atom. The van der Waals surface area contributed by atoms with Crippen molar-refractivity contribution < 1.29 is 15.6 Å². The number of hydrogen-bond acceptors (Lipinski definition) is 2. The lowest BCUT2D eigenvalue weighted by Crippen LogP contribution is -2.43. The minimum Gasteiger partial charge on any atom is -0.384 e. The van der Waals surface area contributed by atoms with E-state index in [1.165, 1.54) is 0 Å². The Morgan fingerprint density at radius 3 is 3.17 bits per heavy atom. The fraction of sp³-hybridized carbons (Fsp3) is 1.00. The fourth-order valence-electron chi connectivity index (χ4n) is 2.73. The second kappa shape index (κ2) is 1.85. The number of halogens is 1. The molecular weight excluding hydrogens is 159 g/mol. The smallest absolute Gasteiger partial charge is 0.157 e. The van der Waals surface area contributed by atoms with Gasteiger partial charge in [0.2, 0.25) is 0 Å². The molecule has 0 aromatic heterocycles. The standard InChI is InChI=1S/C9H13FO2/c1-4-7(10)9(11)3-5-2-6(5)8(9)12-4/h4-8,11H,2-3H2,1H3/t4-,5-,6-,7+,8+,9-/m0/s1/i6D. The van der Waals surface area contributed by atoms with Gasteiger partial charge in [0.15, 0.2) is 6.17 Å². The predicted molar refractivity (Wildman–Crippen MR) is 40.4 cm³/mol. The van der Waals surface area contributed by atoms with Crippen molar-refractivity contribution in [2.24, 2.45) is 11.8 Å². The van der Waals surface area contributed by atoms with E-state index in [9.17, 15) is 9.50 Å². The van der Waals surface area contributed by atoms with Gasteiger partial charge in [0.05, 0.1) is 12.2 Å². The molecule has 0 spiro atoms. The van der Waals surface area contributed by atoms with Crippen LogP contribution in [0.3, 0.4) is 0 Å². The maximum atomic E-state index is 13.6. The number of fused-ring (bicyclic) bond motifs is 3. The summed E-state index contributed by atoms with van der Waals surface area (Å²) in [5.41, 5.74) is -1.36. The van der Waals surface area contributed by atoms with Gasteiger partial charge in [-0.15, -0.1) is 0 Å². The van der Waals surface area contributed by atoms with Gasteiger partial charge in [-0.25, -0.2) is 4.39 Å². The third-order valence-electron chi connectivity index (χ3n) is 3.45. The van der Waals surface area contributed by atoms with Crippen LogP contribution >= 0.6 is 0 Å². The number of ether oxygens (including phenoxy) is 1. The van der Waals surface area contributed by atoms with Gasteiger partial charge in [-0.3, -0.25) is 0 Å². The minimum absolute atomic E-state index is 0.160. The van der Waals surface area contributed by atoms with Crippen LogP contribution in [0.5, 0.6) is 0 Å². The molecule has 2 saturated carbocycles. The van der Waals surface area contributed by atoms with Crippen molar-refractivity contribution in [3.8, 4) is 0 Å². The predicted octanol–water partition coefficient (Wildman–Crippen LogP) is 0.883. The molecule has 0 aromatic rings. The minimum atomic E-state index is -1.36. The van der Waals surface area contributed by atoms with Crippen molar-refractivity contribution in [2.45, 2.75) is 43.7 Å². The Kier molecular flexibility index (Phi) is 0.976. The summed E-state index contributed by atoms with van der Waals surface area (Å²) >= 11 is 0. The van der Waals surface area contributed by atoms with Crippen molar-refractivity contribution in [2.75, 3.05) is 0 Å². The summed E-state index contributed by atoms with van der Waals surface area (Å²) < 4.78 is 26.8. The third kappa shape index (κ3) is 0.635. The van der Waals surface area contributed by atoms with E-state index in [2.05, 4.69) is 0 Å². The normalized spacial score (nSPS) is 75.1. The van der Waals surface area contributed by atoms with E-state index in [4.69, 9.17) is 6.11 Å². The van der Waals surface area contributed by atoms with Crippen LogP contribution < -0.4 is 0 Å². The van der Waals surface area contributed by atoms with Crippen LogP contribution in [-0.2, 0) is 4.74 Å². The van der Waals surface area contributed by atoms with Gasteiger partial charge in [0, 0.05) is 1.37 Å². The van der Waals surface area contributed by atoms with Gasteiger partial charge in [-0.1, -0.05) is 0 Å². The summed E-state index contributed by atoms with van der Waals surface area (Å²) in [6, 6.07) is 0. The summed E-state index contributed by atoms with van der Waals surface area (Å²) in [6.45, 7) is 1.63. The molecule has 0 radical (unpaired) electrons. The Balaban J connectivity index is 1.99. The highest BCUT2D eigenvalue weighted by Gasteiger charge is 2.69. The molecule has 3 aliphatic rings. The molecule has 1 saturated heterocycles. The van der Waals surface area contributed by atoms with Crippen LogP contribution in [0.2, 0.25) is 0 Å². The van der Waals surface area contributed by atoms with Crippen LogP contribution in [0.25, 0.3) is 0 Å². The van der Waals surface area contributed by atoms with E-state index in [0.29, 0.717) is 6.42 Å². The Hall–Kier alpha value is -0.150. The molecule has 0 unspecified atom stereocenters. The van der Waals surface area contributed by atoms with E-state index in [0.717, 1.165) is 6.42 Å². The Bertz CT molecular complexity index is 274. The number of rotatable bonds is 0. The summed E-state index contributed by atoms with van der Waals surface area (Å²) in [4.78, 5) is 0. The SMILES string of the molecule is [2H][C@]12C[C@H]1C[C@]1(O)[C@H](F)[C@H](C)O[C@H]21. The maximum Gasteiger partial charge on any atom is 0.157 e. The van der Waals surface area contributed by atoms with E-state index < -0.39 is 29.9 Å². The summed E-state index contributed by atoms with van der Waals surface area (Å²) in [7, 11) is 0. The largest absolute Gasteiger partial charge is 0.384 e. The van der Waals surface area contributed by atoms with E-state index >= 15 is 0 Å². The Morgan fingerprint density at radius 1 is 1.75 bits per heavy atom. The van der Waals surface area contributed by atoms with Crippen molar-refractivity contribution in [3.05, 3.63) is 0 Å². The first-order valence-corrected chi connectivity index (χ1v) is 4.50. The van der Waals surface area contributed by atoms with Crippen LogP contribution in [0.4, 0.5) is 4.39 Å². The van der Waals surface area contributed by atoms with Crippen LogP contribution in [0, 0.1) is 11.8 Å². The second-order valence-corrected chi connectivity index (χ2v) is 4.29. The maximum absolute atomic E-state index is 13.6. The number of aliphatic hydroxyl groups is 1. The van der Waals surface area contributed by atoms with Gasteiger partial charge in [0.1, 0.15) is 5.60 Å². The topological polar surface area (TPSA) is 29.5 Å². The molecule has 3 rings (SSSR count). The van der Waals surface area contributed by atoms with Crippen LogP contribution in [-0.4, -0.2) is 29.1 Å². The molecule has 1 heterocycles. The van der Waals surface area contributed by atoms with Crippen molar-refractivity contribution in [1.29, 1.82) is 0 Å². The first-order chi connectivity index (χ1) is 5.98. The summed E-state index contributed by atoms with van der Waals surface area (Å²) in [5.74, 6) is -0.516. The van der Waals surface area contributed by atoms with Crippen molar-refractivity contribution in [3.63, 3.8) is 0 Å². The van der Waals surface area contributed by atoms with Crippen LogP contribution in [0.15, 0.2) is 0 Å². The molecule has 12 heavy (non-hydrogen) atoms. The first kappa shape index (κ1) is 6.33. The summed E-state index contributed by atoms with van der Waals surface area (Å²) in [5, 5.41) is 10.0. The lowest BCUT2D eigenvalue weighted by atomic mass is 9.90. The molecule has 0 amide bonds. The monoisotopic (exact) mass is 173 g/mol. The fourth-order valence-corrected chi connectivity index (χ4v) is 2.73. The van der Waals surface area contributed by atoms with Gasteiger partial charge in [-0.2, -0.15) is 0 Å². The van der Waals surface area contributed by atoms with E-state index in [1.54, 1.807) is 6.92 Å². The molecule has 2 aliphatic carbocycles. The highest BCUT2D eigenvalue weighted by Crippen LogP contribution is 2.61.